The van der Waals surface area contributed by atoms with Crippen LogP contribution in [0.5, 0.6) is 5.75 Å². The number of carbonyl (C=O) groups is 2. The van der Waals surface area contributed by atoms with Crippen LogP contribution in [-0.4, -0.2) is 55.5 Å². The second-order valence-electron chi connectivity index (χ2n) is 6.88. The van der Waals surface area contributed by atoms with Crippen molar-refractivity contribution in [3.8, 4) is 5.75 Å². The molecule has 2 rings (SSSR count). The number of nitrogens with zero attached hydrogens (tertiary/aromatic N) is 1. The van der Waals surface area contributed by atoms with Crippen molar-refractivity contribution < 1.29 is 32.2 Å². The second-order valence-corrected chi connectivity index (χ2v) is 6.88. The van der Waals surface area contributed by atoms with E-state index in [0.29, 0.717) is 24.6 Å². The lowest BCUT2D eigenvalue weighted by molar-refractivity contribution is -0.274. The van der Waals surface area contributed by atoms with Crippen LogP contribution in [0.2, 0.25) is 0 Å². The average Bonchev–Trinajstić information content (AvgIpc) is 2.60. The molecule has 0 bridgehead atoms. The van der Waals surface area contributed by atoms with Crippen LogP contribution in [0.1, 0.15) is 19.4 Å². The van der Waals surface area contributed by atoms with E-state index in [0.717, 1.165) is 0 Å². The van der Waals surface area contributed by atoms with Crippen LogP contribution in [0, 0.1) is 5.92 Å². The molecule has 1 aliphatic heterocycles. The molecule has 1 fully saturated rings. The molecular weight excluding hydrogens is 379 g/mol. The lowest BCUT2D eigenvalue weighted by Crippen LogP contribution is -2.52. The minimum absolute atomic E-state index is 0.00691. The summed E-state index contributed by atoms with van der Waals surface area (Å²) in [6.45, 7) is 5.47. The van der Waals surface area contributed by atoms with Crippen LogP contribution >= 0.6 is 0 Å². The van der Waals surface area contributed by atoms with Gasteiger partial charge in [0.15, 0.2) is 0 Å². The van der Waals surface area contributed by atoms with Crippen molar-refractivity contribution in [2.45, 2.75) is 32.9 Å². The number of nitrogens with one attached hydrogen (secondary N) is 2. The van der Waals surface area contributed by atoms with E-state index in [4.69, 9.17) is 4.74 Å². The molecule has 156 valence electrons. The number of alkyl halides is 3. The summed E-state index contributed by atoms with van der Waals surface area (Å²) >= 11 is 0. The molecule has 10 heteroatoms. The van der Waals surface area contributed by atoms with Gasteiger partial charge in [0.25, 0.3) is 0 Å². The summed E-state index contributed by atoms with van der Waals surface area (Å²) in [5.74, 6) is -0.0464. The van der Waals surface area contributed by atoms with E-state index >= 15 is 0 Å². The van der Waals surface area contributed by atoms with Gasteiger partial charge < -0.3 is 25.0 Å². The highest BCUT2D eigenvalue weighted by Gasteiger charge is 2.31. The Bertz CT molecular complexity index is 665. The first-order valence-corrected chi connectivity index (χ1v) is 8.88. The third kappa shape index (κ3) is 7.63. The van der Waals surface area contributed by atoms with Crippen LogP contribution < -0.4 is 15.4 Å². The van der Waals surface area contributed by atoms with Gasteiger partial charge >= 0.3 is 12.4 Å². The van der Waals surface area contributed by atoms with Gasteiger partial charge in [0.1, 0.15) is 12.4 Å². The lowest BCUT2D eigenvalue weighted by atomic mass is 10.1. The smallest absolute Gasteiger partial charge is 0.406 e. The zero-order chi connectivity index (χ0) is 20.7. The van der Waals surface area contributed by atoms with Gasteiger partial charge in [-0.15, -0.1) is 13.2 Å². The SMILES string of the molecule is CC(C)CN1CC(CNC(=O)NCc2ccc(OC(F)(F)F)cc2)OCC1=O. The number of morpholine rings is 1. The Hall–Kier alpha value is -2.49. The molecule has 1 aromatic rings. The number of halogens is 3. The van der Waals surface area contributed by atoms with Crippen molar-refractivity contribution >= 4 is 11.9 Å². The number of ether oxygens (including phenoxy) is 2. The average molecular weight is 403 g/mol. The van der Waals surface area contributed by atoms with Gasteiger partial charge in [-0.1, -0.05) is 26.0 Å². The Morgan fingerprint density at radius 3 is 2.57 bits per heavy atom. The third-order valence-electron chi connectivity index (χ3n) is 3.91. The molecule has 1 aliphatic rings. The maximum absolute atomic E-state index is 12.1. The van der Waals surface area contributed by atoms with Crippen molar-refractivity contribution in [1.82, 2.24) is 15.5 Å². The van der Waals surface area contributed by atoms with Crippen molar-refractivity contribution in [3.63, 3.8) is 0 Å². The van der Waals surface area contributed by atoms with Gasteiger partial charge in [0.2, 0.25) is 5.91 Å². The Morgan fingerprint density at radius 2 is 1.96 bits per heavy atom. The van der Waals surface area contributed by atoms with Crippen LogP contribution in [0.25, 0.3) is 0 Å². The number of rotatable bonds is 7. The molecule has 28 heavy (non-hydrogen) atoms. The zero-order valence-electron chi connectivity index (χ0n) is 15.7. The third-order valence-corrected chi connectivity index (χ3v) is 3.91. The van der Waals surface area contributed by atoms with Crippen molar-refractivity contribution in [2.24, 2.45) is 5.92 Å². The first-order chi connectivity index (χ1) is 13.1. The summed E-state index contributed by atoms with van der Waals surface area (Å²) in [7, 11) is 0. The number of carbonyl (C=O) groups excluding carboxylic acids is 2. The molecule has 0 radical (unpaired) electrons. The van der Waals surface area contributed by atoms with Gasteiger partial charge in [0, 0.05) is 26.2 Å². The summed E-state index contributed by atoms with van der Waals surface area (Å²) in [5.41, 5.74) is 0.618. The fourth-order valence-corrected chi connectivity index (χ4v) is 2.68. The van der Waals surface area contributed by atoms with E-state index in [1.807, 2.05) is 13.8 Å². The maximum Gasteiger partial charge on any atom is 0.573 e. The first-order valence-electron chi connectivity index (χ1n) is 8.88. The second kappa shape index (κ2) is 9.63. The number of benzene rings is 1. The molecule has 0 aliphatic carbocycles. The molecule has 2 N–H and O–H groups in total. The van der Waals surface area contributed by atoms with Crippen LogP contribution in [0.4, 0.5) is 18.0 Å². The summed E-state index contributed by atoms with van der Waals surface area (Å²) in [6.07, 6.45) is -5.03. The molecule has 0 aromatic heterocycles. The summed E-state index contributed by atoms with van der Waals surface area (Å²) < 4.78 is 45.6. The minimum atomic E-state index is -4.74. The Balaban J connectivity index is 1.72. The normalized spacial score (nSPS) is 17.6. The standard InChI is InChI=1S/C18H24F3N3O4/c1-12(2)9-24-10-15(27-11-16(24)25)8-23-17(26)22-7-13-3-5-14(6-4-13)28-18(19,20)21/h3-6,12,15H,7-11H2,1-2H3,(H2,22,23,26). The van der Waals surface area contributed by atoms with Gasteiger partial charge in [0.05, 0.1) is 6.10 Å². The molecule has 3 amide bonds. The highest BCUT2D eigenvalue weighted by atomic mass is 19.4. The summed E-state index contributed by atoms with van der Waals surface area (Å²) in [6, 6.07) is 4.78. The van der Waals surface area contributed by atoms with Gasteiger partial charge in [-0.3, -0.25) is 4.79 Å². The number of hydrogen-bond acceptors (Lipinski definition) is 4. The largest absolute Gasteiger partial charge is 0.573 e. The summed E-state index contributed by atoms with van der Waals surface area (Å²) in [4.78, 5) is 25.4. The predicted octanol–water partition coefficient (Wildman–Crippen LogP) is 2.27. The maximum atomic E-state index is 12.1. The van der Waals surface area contributed by atoms with Crippen molar-refractivity contribution in [3.05, 3.63) is 29.8 Å². The van der Waals surface area contributed by atoms with Crippen molar-refractivity contribution in [2.75, 3.05) is 26.2 Å². The van der Waals surface area contributed by atoms with Crippen molar-refractivity contribution in [1.29, 1.82) is 0 Å². The zero-order valence-corrected chi connectivity index (χ0v) is 15.7. The minimum Gasteiger partial charge on any atom is -0.406 e. The first kappa shape index (κ1) is 21.8. The molecule has 1 unspecified atom stereocenters. The predicted molar refractivity (Wildman–Crippen MR) is 94.5 cm³/mol. The Morgan fingerprint density at radius 1 is 1.29 bits per heavy atom. The van der Waals surface area contributed by atoms with E-state index in [2.05, 4.69) is 15.4 Å². The molecule has 0 spiro atoms. The van der Waals surface area contributed by atoms with Crippen LogP contribution in [-0.2, 0) is 16.1 Å². The molecule has 0 saturated carbocycles. The van der Waals surface area contributed by atoms with Crippen LogP contribution in [0.3, 0.4) is 0 Å². The molecule has 7 nitrogen and oxygen atoms in total. The number of amides is 3. The highest BCUT2D eigenvalue weighted by Crippen LogP contribution is 2.22. The van der Waals surface area contributed by atoms with E-state index in [9.17, 15) is 22.8 Å². The monoisotopic (exact) mass is 403 g/mol. The molecule has 1 saturated heterocycles. The van der Waals surface area contributed by atoms with E-state index < -0.39 is 12.4 Å². The molecule has 1 aromatic carbocycles. The highest BCUT2D eigenvalue weighted by molar-refractivity contribution is 5.78. The van der Waals surface area contributed by atoms with E-state index in [1.54, 1.807) is 4.90 Å². The molecular formula is C18H24F3N3O4. The summed E-state index contributed by atoms with van der Waals surface area (Å²) in [5, 5.41) is 5.28. The van der Waals surface area contributed by atoms with E-state index in [-0.39, 0.29) is 37.5 Å². The topological polar surface area (TPSA) is 79.9 Å². The van der Waals surface area contributed by atoms with Gasteiger partial charge in [-0.2, -0.15) is 0 Å². The Labute approximate surface area is 161 Å². The lowest BCUT2D eigenvalue weighted by Gasteiger charge is -2.33. The number of urea groups is 1. The van der Waals surface area contributed by atoms with Crippen LogP contribution in [0.15, 0.2) is 24.3 Å². The van der Waals surface area contributed by atoms with E-state index in [1.165, 1.54) is 24.3 Å². The Kier molecular flexibility index (Phi) is 7.50. The molecule has 1 atom stereocenters. The van der Waals surface area contributed by atoms with Gasteiger partial charge in [-0.05, 0) is 23.6 Å². The fourth-order valence-electron chi connectivity index (χ4n) is 2.68. The molecule has 1 heterocycles. The number of hydrogen-bond donors (Lipinski definition) is 2. The van der Waals surface area contributed by atoms with Gasteiger partial charge in [-0.25, -0.2) is 4.79 Å². The fraction of sp³-hybridized carbons (Fsp3) is 0.556. The quantitative estimate of drug-likeness (QED) is 0.732.